The van der Waals surface area contributed by atoms with E-state index < -0.39 is 12.2 Å². The van der Waals surface area contributed by atoms with Crippen molar-refractivity contribution in [2.24, 2.45) is 21.8 Å². The van der Waals surface area contributed by atoms with Gasteiger partial charge in [-0.2, -0.15) is 0 Å². The summed E-state index contributed by atoms with van der Waals surface area (Å²) in [5.74, 6) is -0.335. The average Bonchev–Trinajstić information content (AvgIpc) is 2.68. The van der Waals surface area contributed by atoms with Crippen molar-refractivity contribution in [1.29, 1.82) is 0 Å². The molecule has 2 aromatic rings. The number of rotatable bonds is 6. The zero-order chi connectivity index (χ0) is 21.2. The Balaban J connectivity index is 1.76. The lowest BCUT2D eigenvalue weighted by Crippen LogP contribution is -2.25. The summed E-state index contributed by atoms with van der Waals surface area (Å²) in [5, 5.41) is 12.7. The van der Waals surface area contributed by atoms with Gasteiger partial charge in [-0.05, 0) is 48.5 Å². The Morgan fingerprint density at radius 1 is 0.759 bits per heavy atom. The minimum absolute atomic E-state index is 0.167. The number of benzene rings is 2. The number of anilines is 2. The van der Waals surface area contributed by atoms with E-state index in [2.05, 4.69) is 30.6 Å². The Kier molecular flexibility index (Phi) is 8.07. The van der Waals surface area contributed by atoms with Crippen LogP contribution in [0.5, 0.6) is 0 Å². The molecule has 0 bridgehead atoms. The third-order valence-electron chi connectivity index (χ3n) is 3.04. The summed E-state index contributed by atoms with van der Waals surface area (Å²) in [5.41, 5.74) is 12.1. The first-order valence-corrected chi connectivity index (χ1v) is 8.69. The molecule has 0 unspecified atom stereocenters. The Bertz CT molecular complexity index is 841. The van der Waals surface area contributed by atoms with Crippen LogP contribution >= 0.6 is 23.2 Å². The van der Waals surface area contributed by atoms with Crippen LogP contribution in [0.4, 0.5) is 21.0 Å². The second-order valence-corrected chi connectivity index (χ2v) is 6.24. The van der Waals surface area contributed by atoms with Gasteiger partial charge in [0.15, 0.2) is 0 Å². The van der Waals surface area contributed by atoms with E-state index in [1.54, 1.807) is 48.5 Å². The number of carbonyl (C=O) groups excluding carboxylic acids is 2. The largest absolute Gasteiger partial charge is 0.437 e. The number of nitrogens with two attached hydrogens (primary N) is 2. The Morgan fingerprint density at radius 3 is 1.45 bits per heavy atom. The van der Waals surface area contributed by atoms with E-state index >= 15 is 0 Å². The number of oxime groups is 2. The highest BCUT2D eigenvalue weighted by Crippen LogP contribution is 2.14. The van der Waals surface area contributed by atoms with Crippen LogP contribution in [0.3, 0.4) is 0 Å². The van der Waals surface area contributed by atoms with E-state index in [0.29, 0.717) is 21.4 Å². The molecular weight excluding hydrogens is 423 g/mol. The molecule has 0 saturated heterocycles. The van der Waals surface area contributed by atoms with Crippen molar-refractivity contribution >= 4 is 58.4 Å². The van der Waals surface area contributed by atoms with Gasteiger partial charge in [0.05, 0.1) is 6.42 Å². The number of amidine groups is 2. The van der Waals surface area contributed by atoms with Crippen LogP contribution < -0.4 is 22.1 Å². The van der Waals surface area contributed by atoms with Gasteiger partial charge in [-0.1, -0.05) is 33.5 Å². The fourth-order valence-corrected chi connectivity index (χ4v) is 2.05. The predicted molar refractivity (Wildman–Crippen MR) is 111 cm³/mol. The van der Waals surface area contributed by atoms with Crippen molar-refractivity contribution in [2.45, 2.75) is 6.42 Å². The minimum Gasteiger partial charge on any atom is -0.384 e. The van der Waals surface area contributed by atoms with Crippen molar-refractivity contribution in [3.63, 3.8) is 0 Å². The lowest BCUT2D eigenvalue weighted by molar-refractivity contribution is 0.166. The normalized spacial score (nSPS) is 11.5. The highest BCUT2D eigenvalue weighted by Gasteiger charge is 2.07. The van der Waals surface area contributed by atoms with Crippen LogP contribution in [0.1, 0.15) is 6.42 Å². The van der Waals surface area contributed by atoms with Gasteiger partial charge in [-0.25, -0.2) is 9.59 Å². The van der Waals surface area contributed by atoms with Crippen LogP contribution in [0.25, 0.3) is 0 Å². The molecule has 29 heavy (non-hydrogen) atoms. The molecule has 0 radical (unpaired) electrons. The molecule has 0 atom stereocenters. The van der Waals surface area contributed by atoms with Crippen molar-refractivity contribution in [3.8, 4) is 0 Å². The summed E-state index contributed by atoms with van der Waals surface area (Å²) in [6, 6.07) is 12.7. The molecule has 12 heteroatoms. The summed E-state index contributed by atoms with van der Waals surface area (Å²) in [6.07, 6.45) is -1.95. The number of nitrogens with one attached hydrogen (secondary N) is 2. The van der Waals surface area contributed by atoms with Gasteiger partial charge in [0.1, 0.15) is 11.7 Å². The molecule has 2 amide bonds. The highest BCUT2D eigenvalue weighted by atomic mass is 35.5. The molecule has 152 valence electrons. The minimum atomic E-state index is -0.871. The molecule has 0 heterocycles. The second kappa shape index (κ2) is 10.7. The van der Waals surface area contributed by atoms with Crippen LogP contribution in [0.2, 0.25) is 10.0 Å². The van der Waals surface area contributed by atoms with Crippen LogP contribution in [-0.4, -0.2) is 23.9 Å². The van der Waals surface area contributed by atoms with Gasteiger partial charge >= 0.3 is 12.2 Å². The smallest absolute Gasteiger partial charge is 0.384 e. The number of amides is 2. The predicted octanol–water partition coefficient (Wildman–Crippen LogP) is 3.73. The van der Waals surface area contributed by atoms with Gasteiger partial charge in [0.25, 0.3) is 0 Å². The molecule has 10 nitrogen and oxygen atoms in total. The number of carbonyl (C=O) groups is 2. The zero-order valence-electron chi connectivity index (χ0n) is 14.8. The molecular formula is C17H16Cl2N6O4. The van der Waals surface area contributed by atoms with E-state index in [-0.39, 0.29) is 18.1 Å². The van der Waals surface area contributed by atoms with Crippen LogP contribution in [0.15, 0.2) is 58.8 Å². The Hall–Kier alpha value is -3.50. The SMILES string of the molecule is N/C(C/C(N)=N\OC(=O)Nc1ccc(Cl)cc1)=N/OC(=O)Nc1ccc(Cl)cc1. The van der Waals surface area contributed by atoms with Gasteiger partial charge in [0, 0.05) is 21.4 Å². The second-order valence-electron chi connectivity index (χ2n) is 5.36. The van der Waals surface area contributed by atoms with E-state index in [9.17, 15) is 9.59 Å². The van der Waals surface area contributed by atoms with E-state index in [1.165, 1.54) is 0 Å². The first-order chi connectivity index (χ1) is 13.8. The topological polar surface area (TPSA) is 153 Å². The first kappa shape index (κ1) is 21.8. The lowest BCUT2D eigenvalue weighted by atomic mass is 10.3. The maximum absolute atomic E-state index is 11.6. The Labute approximate surface area is 175 Å². The summed E-state index contributed by atoms with van der Waals surface area (Å²) < 4.78 is 0. The number of halogens is 2. The number of nitrogens with zero attached hydrogens (tertiary/aromatic N) is 2. The number of hydrogen-bond donors (Lipinski definition) is 4. The van der Waals surface area contributed by atoms with Crippen LogP contribution in [0, 0.1) is 0 Å². The molecule has 0 fully saturated rings. The highest BCUT2D eigenvalue weighted by molar-refractivity contribution is 6.30. The van der Waals surface area contributed by atoms with Gasteiger partial charge in [-0.15, -0.1) is 0 Å². The molecule has 2 aromatic carbocycles. The van der Waals surface area contributed by atoms with Crippen LogP contribution in [-0.2, 0) is 9.68 Å². The quantitative estimate of drug-likeness (QED) is 0.233. The first-order valence-electron chi connectivity index (χ1n) is 7.93. The summed E-state index contributed by atoms with van der Waals surface area (Å²) >= 11 is 11.5. The lowest BCUT2D eigenvalue weighted by Gasteiger charge is -2.04. The fourth-order valence-electron chi connectivity index (χ4n) is 1.80. The summed E-state index contributed by atoms with van der Waals surface area (Å²) in [6.45, 7) is 0. The van der Waals surface area contributed by atoms with Crippen molar-refractivity contribution < 1.29 is 19.3 Å². The third kappa shape index (κ3) is 8.37. The molecule has 0 aliphatic carbocycles. The molecule has 0 aliphatic rings. The third-order valence-corrected chi connectivity index (χ3v) is 3.54. The average molecular weight is 439 g/mol. The standard InChI is InChI=1S/C17H16Cl2N6O4/c18-10-1-5-12(6-2-10)22-16(26)28-24-14(20)9-15(21)25-29-17(27)23-13-7-3-11(19)4-8-13/h1-8H,9H2,(H2,20,24)(H2,21,25)(H,22,26)(H,23,27). The fraction of sp³-hybridized carbons (Fsp3) is 0.0588. The zero-order valence-corrected chi connectivity index (χ0v) is 16.3. The molecule has 0 spiro atoms. The van der Waals surface area contributed by atoms with Crippen molar-refractivity contribution in [1.82, 2.24) is 0 Å². The number of hydrogen-bond acceptors (Lipinski definition) is 6. The van der Waals surface area contributed by atoms with Gasteiger partial charge in [-0.3, -0.25) is 20.3 Å². The van der Waals surface area contributed by atoms with Crippen molar-refractivity contribution in [3.05, 3.63) is 58.6 Å². The molecule has 2 rings (SSSR count). The summed E-state index contributed by atoms with van der Waals surface area (Å²) in [4.78, 5) is 32.4. The Morgan fingerprint density at radius 2 is 1.10 bits per heavy atom. The van der Waals surface area contributed by atoms with Gasteiger partial charge < -0.3 is 11.5 Å². The summed E-state index contributed by atoms with van der Waals surface area (Å²) in [7, 11) is 0. The van der Waals surface area contributed by atoms with E-state index in [1.807, 2.05) is 0 Å². The molecule has 0 saturated carbocycles. The maximum atomic E-state index is 11.6. The molecule has 0 aliphatic heterocycles. The van der Waals surface area contributed by atoms with E-state index in [0.717, 1.165) is 0 Å². The molecule has 0 aromatic heterocycles. The maximum Gasteiger partial charge on any atom is 0.437 e. The monoisotopic (exact) mass is 438 g/mol. The van der Waals surface area contributed by atoms with Crippen molar-refractivity contribution in [2.75, 3.05) is 10.6 Å². The molecule has 6 N–H and O–H groups in total. The van der Waals surface area contributed by atoms with Gasteiger partial charge in [0.2, 0.25) is 0 Å². The van der Waals surface area contributed by atoms with E-state index in [4.69, 9.17) is 34.7 Å².